The highest BCUT2D eigenvalue weighted by Gasteiger charge is 2.43. The summed E-state index contributed by atoms with van der Waals surface area (Å²) in [4.78, 5) is 13.3. The quantitative estimate of drug-likeness (QED) is 0.483. The van der Waals surface area contributed by atoms with Crippen LogP contribution in [0.2, 0.25) is 0 Å². The molecule has 3 aromatic rings. The first kappa shape index (κ1) is 21.1. The fourth-order valence-corrected chi connectivity index (χ4v) is 3.50. The lowest BCUT2D eigenvalue weighted by Crippen LogP contribution is -2.58. The standard InChI is InChI=1S/C22H22O9/c1-10-18(24)20(26)21(27)22(30-10)31-16-8-12(23)7-15-17(16)19(25)14(9-29-15)11-3-5-13(28-2)6-4-11/h3-10,18,20-24,26-27H,1-2H3/t10?,18-,20?,21-,22-/m0/s1. The van der Waals surface area contributed by atoms with Crippen LogP contribution in [-0.2, 0) is 4.74 Å². The van der Waals surface area contributed by atoms with Gasteiger partial charge in [0.15, 0.2) is 0 Å². The third-order valence-corrected chi connectivity index (χ3v) is 5.28. The summed E-state index contributed by atoms with van der Waals surface area (Å²) in [5, 5.41) is 40.2. The van der Waals surface area contributed by atoms with E-state index in [9.17, 15) is 25.2 Å². The monoisotopic (exact) mass is 430 g/mol. The highest BCUT2D eigenvalue weighted by molar-refractivity contribution is 5.88. The minimum absolute atomic E-state index is 0.0233. The number of aromatic hydroxyl groups is 1. The van der Waals surface area contributed by atoms with Crippen LogP contribution in [0.1, 0.15) is 6.92 Å². The molecule has 2 heterocycles. The summed E-state index contributed by atoms with van der Waals surface area (Å²) in [5.74, 6) is 0.293. The van der Waals surface area contributed by atoms with Gasteiger partial charge in [0.2, 0.25) is 11.7 Å². The predicted molar refractivity (Wildman–Crippen MR) is 109 cm³/mol. The van der Waals surface area contributed by atoms with Gasteiger partial charge in [-0.3, -0.25) is 4.79 Å². The largest absolute Gasteiger partial charge is 0.508 e. The van der Waals surface area contributed by atoms with Crippen molar-refractivity contribution in [3.8, 4) is 28.4 Å². The lowest BCUT2D eigenvalue weighted by molar-refractivity contribution is -0.267. The van der Waals surface area contributed by atoms with Gasteiger partial charge >= 0.3 is 0 Å². The molecule has 0 aliphatic carbocycles. The van der Waals surface area contributed by atoms with Gasteiger partial charge in [0.1, 0.15) is 52.8 Å². The maximum atomic E-state index is 13.3. The molecule has 31 heavy (non-hydrogen) atoms. The zero-order valence-corrected chi connectivity index (χ0v) is 16.8. The molecule has 4 rings (SSSR count). The maximum Gasteiger partial charge on any atom is 0.229 e. The number of aliphatic hydroxyl groups is 3. The molecule has 1 saturated heterocycles. The number of hydrogen-bond acceptors (Lipinski definition) is 9. The number of phenolic OH excluding ortho intramolecular Hbond substituents is 1. The number of benzene rings is 2. The van der Waals surface area contributed by atoms with E-state index in [0.717, 1.165) is 0 Å². The molecule has 0 bridgehead atoms. The minimum atomic E-state index is -1.58. The van der Waals surface area contributed by atoms with Crippen molar-refractivity contribution < 1.29 is 39.1 Å². The van der Waals surface area contributed by atoms with Crippen molar-refractivity contribution in [3.05, 3.63) is 52.9 Å². The van der Waals surface area contributed by atoms with E-state index in [2.05, 4.69) is 0 Å². The lowest BCUT2D eigenvalue weighted by atomic mass is 10.00. The average molecular weight is 430 g/mol. The third-order valence-electron chi connectivity index (χ3n) is 5.28. The summed E-state index contributed by atoms with van der Waals surface area (Å²) in [5.41, 5.74) is 0.466. The highest BCUT2D eigenvalue weighted by Crippen LogP contribution is 2.33. The molecular weight excluding hydrogens is 408 g/mol. The van der Waals surface area contributed by atoms with Crippen LogP contribution in [0.3, 0.4) is 0 Å². The fraction of sp³-hybridized carbons (Fsp3) is 0.318. The molecule has 2 unspecified atom stereocenters. The summed E-state index contributed by atoms with van der Waals surface area (Å²) in [6.45, 7) is 1.51. The summed E-state index contributed by atoms with van der Waals surface area (Å²) in [6.07, 6.45) is -5.34. The first-order valence-corrected chi connectivity index (χ1v) is 9.59. The van der Waals surface area contributed by atoms with E-state index in [1.807, 2.05) is 0 Å². The number of hydrogen-bond donors (Lipinski definition) is 4. The SMILES string of the molecule is COc1ccc(-c2coc3cc(O)cc(O[C@@H]4OC(C)[C@H](O)C(O)[C@@H]4O)c3c2=O)cc1. The van der Waals surface area contributed by atoms with Gasteiger partial charge in [0.05, 0.1) is 18.8 Å². The van der Waals surface area contributed by atoms with Crippen molar-refractivity contribution in [1.82, 2.24) is 0 Å². The molecule has 5 atom stereocenters. The molecule has 1 aliphatic rings. The average Bonchev–Trinajstić information content (AvgIpc) is 2.76. The fourth-order valence-electron chi connectivity index (χ4n) is 3.50. The molecule has 1 fully saturated rings. The van der Waals surface area contributed by atoms with Crippen molar-refractivity contribution in [2.45, 2.75) is 37.6 Å². The van der Waals surface area contributed by atoms with E-state index in [4.69, 9.17) is 18.6 Å². The first-order chi connectivity index (χ1) is 14.8. The van der Waals surface area contributed by atoms with Crippen LogP contribution >= 0.6 is 0 Å². The van der Waals surface area contributed by atoms with Gasteiger partial charge in [0.25, 0.3) is 0 Å². The molecule has 0 saturated carbocycles. The topological polar surface area (TPSA) is 139 Å². The summed E-state index contributed by atoms with van der Waals surface area (Å²) < 4.78 is 21.8. The van der Waals surface area contributed by atoms with Crippen molar-refractivity contribution in [2.24, 2.45) is 0 Å². The number of ether oxygens (including phenoxy) is 3. The first-order valence-electron chi connectivity index (χ1n) is 9.59. The van der Waals surface area contributed by atoms with Crippen LogP contribution in [0.5, 0.6) is 17.2 Å². The normalized spacial score (nSPS) is 26.0. The molecule has 9 heteroatoms. The van der Waals surface area contributed by atoms with Crippen LogP contribution in [0.25, 0.3) is 22.1 Å². The van der Waals surface area contributed by atoms with E-state index in [1.54, 1.807) is 24.3 Å². The van der Waals surface area contributed by atoms with Gasteiger partial charge in [-0.05, 0) is 24.6 Å². The Morgan fingerprint density at radius 3 is 2.39 bits per heavy atom. The predicted octanol–water partition coefficient (Wildman–Crippen LogP) is 1.38. The molecule has 0 radical (unpaired) electrons. The Labute approximate surface area is 176 Å². The van der Waals surface area contributed by atoms with E-state index in [0.29, 0.717) is 11.3 Å². The van der Waals surface area contributed by atoms with Gasteiger partial charge in [-0.1, -0.05) is 12.1 Å². The van der Waals surface area contributed by atoms with Crippen LogP contribution < -0.4 is 14.9 Å². The van der Waals surface area contributed by atoms with E-state index in [1.165, 1.54) is 32.4 Å². The zero-order chi connectivity index (χ0) is 22.3. The minimum Gasteiger partial charge on any atom is -0.508 e. The summed E-state index contributed by atoms with van der Waals surface area (Å²) in [6, 6.07) is 9.26. The second kappa shape index (κ2) is 8.20. The second-order valence-corrected chi connectivity index (χ2v) is 7.32. The highest BCUT2D eigenvalue weighted by atomic mass is 16.7. The Hall–Kier alpha value is -3.11. The number of phenols is 1. The molecule has 4 N–H and O–H groups in total. The molecule has 0 spiro atoms. The Balaban J connectivity index is 1.79. The van der Waals surface area contributed by atoms with Crippen molar-refractivity contribution in [1.29, 1.82) is 0 Å². The molecule has 1 aromatic heterocycles. The molecule has 0 amide bonds. The van der Waals surface area contributed by atoms with Gasteiger partial charge in [0, 0.05) is 12.1 Å². The molecule has 164 valence electrons. The Morgan fingerprint density at radius 2 is 1.71 bits per heavy atom. The van der Waals surface area contributed by atoms with Crippen LogP contribution in [-0.4, -0.2) is 58.2 Å². The number of fused-ring (bicyclic) bond motifs is 1. The summed E-state index contributed by atoms with van der Waals surface area (Å²) >= 11 is 0. The van der Waals surface area contributed by atoms with Crippen LogP contribution in [0.4, 0.5) is 0 Å². The molecule has 1 aliphatic heterocycles. The Kier molecular flexibility index (Phi) is 5.59. The van der Waals surface area contributed by atoms with Gasteiger partial charge in [-0.2, -0.15) is 0 Å². The molecule has 2 aromatic carbocycles. The van der Waals surface area contributed by atoms with Crippen molar-refractivity contribution in [2.75, 3.05) is 7.11 Å². The second-order valence-electron chi connectivity index (χ2n) is 7.32. The van der Waals surface area contributed by atoms with Crippen molar-refractivity contribution >= 4 is 11.0 Å². The Morgan fingerprint density at radius 1 is 1.00 bits per heavy atom. The Bertz CT molecular complexity index is 1140. The van der Waals surface area contributed by atoms with E-state index in [-0.39, 0.29) is 28.0 Å². The van der Waals surface area contributed by atoms with Crippen LogP contribution in [0.15, 0.2) is 51.9 Å². The van der Waals surface area contributed by atoms with E-state index < -0.39 is 36.1 Å². The number of aliphatic hydroxyl groups excluding tert-OH is 3. The van der Waals surface area contributed by atoms with Gasteiger partial charge in [-0.25, -0.2) is 0 Å². The third kappa shape index (κ3) is 3.84. The van der Waals surface area contributed by atoms with Gasteiger partial charge < -0.3 is 39.1 Å². The molecular formula is C22H22O9. The smallest absolute Gasteiger partial charge is 0.229 e. The van der Waals surface area contributed by atoms with Gasteiger partial charge in [-0.15, -0.1) is 0 Å². The van der Waals surface area contributed by atoms with Crippen molar-refractivity contribution in [3.63, 3.8) is 0 Å². The maximum absolute atomic E-state index is 13.3. The van der Waals surface area contributed by atoms with E-state index >= 15 is 0 Å². The summed E-state index contributed by atoms with van der Waals surface area (Å²) in [7, 11) is 1.54. The number of rotatable bonds is 4. The van der Waals surface area contributed by atoms with Crippen LogP contribution in [0, 0.1) is 0 Å². The number of methoxy groups -OCH3 is 1. The zero-order valence-electron chi connectivity index (χ0n) is 16.8. The lowest BCUT2D eigenvalue weighted by Gasteiger charge is -2.38. The molecule has 9 nitrogen and oxygen atoms in total.